The molecule has 4 heteroatoms. The third-order valence-corrected chi connectivity index (χ3v) is 5.18. The fraction of sp³-hybridized carbons (Fsp3) is 0.562. The van der Waals surface area contributed by atoms with Gasteiger partial charge < -0.3 is 9.84 Å². The summed E-state index contributed by atoms with van der Waals surface area (Å²) in [6.07, 6.45) is 3.31. The maximum Gasteiger partial charge on any atom is 0.314 e. The van der Waals surface area contributed by atoms with Gasteiger partial charge in [-0.25, -0.2) is 0 Å². The second-order valence-electron chi connectivity index (χ2n) is 5.79. The molecule has 0 aromatic heterocycles. The number of ether oxygens (including phenoxy) is 1. The van der Waals surface area contributed by atoms with Crippen LogP contribution in [0.5, 0.6) is 5.75 Å². The Bertz CT molecular complexity index is 512. The molecule has 0 unspecified atom stereocenters. The second-order valence-corrected chi connectivity index (χ2v) is 6.23. The van der Waals surface area contributed by atoms with Gasteiger partial charge >= 0.3 is 5.97 Å². The van der Waals surface area contributed by atoms with Crippen LogP contribution in [0.4, 0.5) is 0 Å². The van der Waals surface area contributed by atoms with Gasteiger partial charge in [0.2, 0.25) is 0 Å². The van der Waals surface area contributed by atoms with Crippen LogP contribution in [0.25, 0.3) is 0 Å². The number of benzene rings is 1. The minimum absolute atomic E-state index is 0.131. The maximum atomic E-state index is 11.9. The molecule has 1 aromatic carbocycles. The molecule has 2 rings (SSSR count). The molecule has 0 saturated heterocycles. The molecule has 1 aliphatic carbocycles. The van der Waals surface area contributed by atoms with E-state index in [0.717, 1.165) is 12.8 Å². The summed E-state index contributed by atoms with van der Waals surface area (Å²) in [5.74, 6) is -0.173. The summed E-state index contributed by atoms with van der Waals surface area (Å²) >= 11 is 6.06. The number of carboxylic acid groups (broad SMARTS) is 1. The lowest BCUT2D eigenvalue weighted by atomic mass is 9.48. The van der Waals surface area contributed by atoms with Crippen LogP contribution < -0.4 is 4.74 Å². The van der Waals surface area contributed by atoms with Gasteiger partial charge in [-0.1, -0.05) is 38.3 Å². The predicted molar refractivity (Wildman–Crippen MR) is 79.6 cm³/mol. The van der Waals surface area contributed by atoms with Crippen molar-refractivity contribution < 1.29 is 14.6 Å². The summed E-state index contributed by atoms with van der Waals surface area (Å²) in [5.41, 5.74) is -0.0222. The van der Waals surface area contributed by atoms with E-state index >= 15 is 0 Å². The van der Waals surface area contributed by atoms with E-state index in [4.69, 9.17) is 16.3 Å². The van der Waals surface area contributed by atoms with Crippen LogP contribution in [0.15, 0.2) is 18.2 Å². The molecular formula is C16H21ClO3. The number of halogens is 1. The summed E-state index contributed by atoms with van der Waals surface area (Å²) < 4.78 is 5.35. The monoisotopic (exact) mass is 296 g/mol. The highest BCUT2D eigenvalue weighted by Gasteiger charge is 2.59. The van der Waals surface area contributed by atoms with Crippen LogP contribution in [0.3, 0.4) is 0 Å². The predicted octanol–water partition coefficient (Wildman–Crippen LogP) is 4.27. The van der Waals surface area contributed by atoms with E-state index in [1.807, 2.05) is 0 Å². The van der Waals surface area contributed by atoms with E-state index < -0.39 is 11.4 Å². The van der Waals surface area contributed by atoms with Crippen molar-refractivity contribution in [3.63, 3.8) is 0 Å². The molecule has 0 spiro atoms. The molecule has 1 aliphatic rings. The topological polar surface area (TPSA) is 46.5 Å². The second kappa shape index (κ2) is 5.28. The standard InChI is InChI=1S/C16H21ClO3/c1-4-15(5-2)9-16(10-15,14(18)19)12-8-11(17)6-7-13(12)20-3/h6-8H,4-5,9-10H2,1-3H3,(H,18,19). The molecule has 0 radical (unpaired) electrons. The van der Waals surface area contributed by atoms with Gasteiger partial charge in [-0.2, -0.15) is 0 Å². The molecule has 1 aromatic rings. The first kappa shape index (κ1) is 15.2. The quantitative estimate of drug-likeness (QED) is 0.882. The summed E-state index contributed by atoms with van der Waals surface area (Å²) in [6, 6.07) is 5.22. The van der Waals surface area contributed by atoms with Crippen molar-refractivity contribution in [1.82, 2.24) is 0 Å². The van der Waals surface area contributed by atoms with E-state index in [-0.39, 0.29) is 5.41 Å². The summed E-state index contributed by atoms with van der Waals surface area (Å²) in [7, 11) is 1.56. The third kappa shape index (κ3) is 2.18. The Balaban J connectivity index is 2.47. The van der Waals surface area contributed by atoms with E-state index in [9.17, 15) is 9.90 Å². The SMILES string of the molecule is CCC1(CC)CC(C(=O)O)(c2cc(Cl)ccc2OC)C1. The van der Waals surface area contributed by atoms with Crippen LogP contribution in [-0.4, -0.2) is 18.2 Å². The van der Waals surface area contributed by atoms with Gasteiger partial charge in [0.25, 0.3) is 0 Å². The summed E-state index contributed by atoms with van der Waals surface area (Å²) in [6.45, 7) is 4.26. The van der Waals surface area contributed by atoms with Crippen LogP contribution in [-0.2, 0) is 10.2 Å². The van der Waals surface area contributed by atoms with E-state index in [0.29, 0.717) is 29.2 Å². The minimum atomic E-state index is -0.859. The highest BCUT2D eigenvalue weighted by Crippen LogP contribution is 2.60. The van der Waals surface area contributed by atoms with Crippen LogP contribution in [0, 0.1) is 5.41 Å². The molecule has 0 heterocycles. The minimum Gasteiger partial charge on any atom is -0.496 e. The smallest absolute Gasteiger partial charge is 0.314 e. The Hall–Kier alpha value is -1.22. The highest BCUT2D eigenvalue weighted by atomic mass is 35.5. The molecule has 1 saturated carbocycles. The number of methoxy groups -OCH3 is 1. The summed E-state index contributed by atoms with van der Waals surface area (Å²) in [4.78, 5) is 11.9. The van der Waals surface area contributed by atoms with Gasteiger partial charge in [0.1, 0.15) is 5.75 Å². The zero-order chi connectivity index (χ0) is 15.0. The number of aliphatic carboxylic acids is 1. The van der Waals surface area contributed by atoms with Crippen LogP contribution in [0.2, 0.25) is 5.02 Å². The fourth-order valence-corrected chi connectivity index (χ4v) is 3.66. The van der Waals surface area contributed by atoms with Crippen molar-refractivity contribution in [1.29, 1.82) is 0 Å². The number of hydrogen-bond acceptors (Lipinski definition) is 2. The van der Waals surface area contributed by atoms with Crippen molar-refractivity contribution >= 4 is 17.6 Å². The average Bonchev–Trinajstić information content (AvgIpc) is 2.39. The molecule has 110 valence electrons. The molecule has 0 atom stereocenters. The van der Waals surface area contributed by atoms with Gasteiger partial charge in [-0.3, -0.25) is 4.79 Å². The Labute approximate surface area is 124 Å². The lowest BCUT2D eigenvalue weighted by molar-refractivity contribution is -0.155. The summed E-state index contributed by atoms with van der Waals surface area (Å²) in [5, 5.41) is 10.3. The van der Waals surface area contributed by atoms with E-state index in [1.54, 1.807) is 25.3 Å². The van der Waals surface area contributed by atoms with Gasteiger partial charge in [0, 0.05) is 10.6 Å². The Morgan fingerprint density at radius 2 is 1.95 bits per heavy atom. The van der Waals surface area contributed by atoms with Crippen molar-refractivity contribution in [3.8, 4) is 5.75 Å². The van der Waals surface area contributed by atoms with Crippen molar-refractivity contribution in [3.05, 3.63) is 28.8 Å². The molecule has 3 nitrogen and oxygen atoms in total. The zero-order valence-electron chi connectivity index (χ0n) is 12.2. The first-order valence-electron chi connectivity index (χ1n) is 7.00. The average molecular weight is 297 g/mol. The van der Waals surface area contributed by atoms with Crippen molar-refractivity contribution in [2.45, 2.75) is 44.9 Å². The van der Waals surface area contributed by atoms with Crippen molar-refractivity contribution in [2.24, 2.45) is 5.41 Å². The Morgan fingerprint density at radius 1 is 1.35 bits per heavy atom. The Morgan fingerprint density at radius 3 is 2.40 bits per heavy atom. The first-order valence-corrected chi connectivity index (χ1v) is 7.38. The first-order chi connectivity index (χ1) is 9.43. The Kier molecular flexibility index (Phi) is 4.01. The molecule has 20 heavy (non-hydrogen) atoms. The molecule has 0 amide bonds. The molecule has 0 aliphatic heterocycles. The van der Waals surface area contributed by atoms with Crippen LogP contribution >= 0.6 is 11.6 Å². The molecule has 1 fully saturated rings. The fourth-order valence-electron chi connectivity index (χ4n) is 3.49. The normalized spacial score (nSPS) is 19.2. The lowest BCUT2D eigenvalue weighted by Crippen LogP contribution is -2.54. The van der Waals surface area contributed by atoms with Gasteiger partial charge in [-0.05, 0) is 36.5 Å². The van der Waals surface area contributed by atoms with Gasteiger partial charge in [0.05, 0.1) is 12.5 Å². The van der Waals surface area contributed by atoms with E-state index in [1.165, 1.54) is 0 Å². The van der Waals surface area contributed by atoms with E-state index in [2.05, 4.69) is 13.8 Å². The zero-order valence-corrected chi connectivity index (χ0v) is 13.0. The lowest BCUT2D eigenvalue weighted by Gasteiger charge is -2.54. The van der Waals surface area contributed by atoms with Gasteiger partial charge in [-0.15, -0.1) is 0 Å². The van der Waals surface area contributed by atoms with Crippen molar-refractivity contribution in [2.75, 3.05) is 7.11 Å². The van der Waals surface area contributed by atoms with Gasteiger partial charge in [0.15, 0.2) is 0 Å². The number of hydrogen-bond donors (Lipinski definition) is 1. The maximum absolute atomic E-state index is 11.9. The molecular weight excluding hydrogens is 276 g/mol. The third-order valence-electron chi connectivity index (χ3n) is 4.94. The number of carboxylic acids is 1. The largest absolute Gasteiger partial charge is 0.496 e. The number of carbonyl (C=O) groups is 1. The van der Waals surface area contributed by atoms with Crippen LogP contribution in [0.1, 0.15) is 45.1 Å². The molecule has 0 bridgehead atoms. The number of rotatable bonds is 5. The highest BCUT2D eigenvalue weighted by molar-refractivity contribution is 6.30. The molecule has 1 N–H and O–H groups in total.